The van der Waals surface area contributed by atoms with Gasteiger partial charge in [0.2, 0.25) is 0 Å². The predicted molar refractivity (Wildman–Crippen MR) is 104 cm³/mol. The van der Waals surface area contributed by atoms with Gasteiger partial charge in [-0.15, -0.1) is 11.8 Å². The lowest BCUT2D eigenvalue weighted by atomic mass is 10.1. The Kier molecular flexibility index (Phi) is 6.06. The lowest BCUT2D eigenvalue weighted by Gasteiger charge is -2.10. The molecule has 0 spiro atoms. The van der Waals surface area contributed by atoms with Gasteiger partial charge < -0.3 is 20.5 Å². The number of thioether (sulfide) groups is 1. The maximum Gasteiger partial charge on any atom is 0.193 e. The Bertz CT molecular complexity index is 732. The number of ether oxygens (including phenoxy) is 2. The molecule has 0 saturated carbocycles. The second kappa shape index (κ2) is 8.67. The van der Waals surface area contributed by atoms with Crippen molar-refractivity contribution in [3.63, 3.8) is 0 Å². The average molecular weight is 357 g/mol. The van der Waals surface area contributed by atoms with Gasteiger partial charge in [-0.1, -0.05) is 12.1 Å². The summed E-state index contributed by atoms with van der Waals surface area (Å²) in [5.41, 5.74) is 8.08. The molecule has 0 unspecified atom stereocenters. The van der Waals surface area contributed by atoms with E-state index in [2.05, 4.69) is 40.8 Å². The van der Waals surface area contributed by atoms with Crippen molar-refractivity contribution >= 4 is 23.4 Å². The summed E-state index contributed by atoms with van der Waals surface area (Å²) in [6.45, 7) is 1.98. The van der Waals surface area contributed by atoms with Crippen molar-refractivity contribution in [3.8, 4) is 11.5 Å². The molecule has 0 bridgehead atoms. The van der Waals surface area contributed by atoms with Crippen LogP contribution >= 0.6 is 11.8 Å². The molecule has 0 aromatic heterocycles. The van der Waals surface area contributed by atoms with Crippen molar-refractivity contribution < 1.29 is 9.47 Å². The Balaban J connectivity index is 1.55. The normalized spacial score (nSPS) is 14.0. The van der Waals surface area contributed by atoms with E-state index in [1.54, 1.807) is 11.8 Å². The molecule has 0 fully saturated rings. The average Bonchev–Trinajstić information content (AvgIpc) is 2.87. The first-order valence-electron chi connectivity index (χ1n) is 8.34. The second-order valence-electron chi connectivity index (χ2n) is 5.70. The molecule has 0 atom stereocenters. The number of hydrogen-bond donors (Lipinski definition) is 2. The van der Waals surface area contributed by atoms with Gasteiger partial charge in [0.05, 0.1) is 13.2 Å². The molecular weight excluding hydrogens is 334 g/mol. The second-order valence-corrected chi connectivity index (χ2v) is 6.58. The highest BCUT2D eigenvalue weighted by molar-refractivity contribution is 7.98. The molecule has 25 heavy (non-hydrogen) atoms. The Labute approximate surface area is 152 Å². The van der Waals surface area contributed by atoms with Crippen LogP contribution in [0.4, 0.5) is 5.69 Å². The minimum atomic E-state index is 0.398. The van der Waals surface area contributed by atoms with Crippen molar-refractivity contribution in [2.45, 2.75) is 17.7 Å². The zero-order chi connectivity index (χ0) is 17.5. The fourth-order valence-corrected chi connectivity index (χ4v) is 2.93. The first kappa shape index (κ1) is 17.5. The fourth-order valence-electron chi connectivity index (χ4n) is 2.53. The summed E-state index contributed by atoms with van der Waals surface area (Å²) in [7, 11) is 0. The van der Waals surface area contributed by atoms with Gasteiger partial charge in [0.25, 0.3) is 0 Å². The molecule has 0 radical (unpaired) electrons. The van der Waals surface area contributed by atoms with E-state index >= 15 is 0 Å². The Morgan fingerprint density at radius 3 is 2.64 bits per heavy atom. The summed E-state index contributed by atoms with van der Waals surface area (Å²) >= 11 is 1.74. The number of aliphatic imine (C=N–C) groups is 1. The summed E-state index contributed by atoms with van der Waals surface area (Å²) in [6.07, 6.45) is 3.82. The molecule has 1 heterocycles. The number of anilines is 1. The minimum absolute atomic E-state index is 0.398. The zero-order valence-electron chi connectivity index (χ0n) is 14.3. The highest BCUT2D eigenvalue weighted by Crippen LogP contribution is 2.32. The van der Waals surface area contributed by atoms with E-state index in [1.165, 1.54) is 10.5 Å². The van der Waals surface area contributed by atoms with Crippen molar-refractivity contribution in [2.75, 3.05) is 31.3 Å². The maximum atomic E-state index is 5.99. The van der Waals surface area contributed by atoms with Crippen LogP contribution in [0.1, 0.15) is 12.0 Å². The van der Waals surface area contributed by atoms with Gasteiger partial charge in [-0.3, -0.25) is 4.99 Å². The fraction of sp³-hybridized carbons (Fsp3) is 0.316. The quantitative estimate of drug-likeness (QED) is 0.487. The van der Waals surface area contributed by atoms with E-state index in [1.807, 2.05) is 18.2 Å². The van der Waals surface area contributed by atoms with E-state index in [-0.39, 0.29) is 0 Å². The molecule has 6 heteroatoms. The van der Waals surface area contributed by atoms with E-state index in [9.17, 15) is 0 Å². The van der Waals surface area contributed by atoms with Gasteiger partial charge in [0.1, 0.15) is 0 Å². The SMILES string of the molecule is CSc1ccc(CCN=C(N)Nc2ccc3c(c2)OCCCO3)cc1. The summed E-state index contributed by atoms with van der Waals surface area (Å²) in [6, 6.07) is 14.2. The first-order valence-corrected chi connectivity index (χ1v) is 9.56. The van der Waals surface area contributed by atoms with E-state index in [4.69, 9.17) is 15.2 Å². The maximum absolute atomic E-state index is 5.99. The Hall–Kier alpha value is -2.34. The molecule has 5 nitrogen and oxygen atoms in total. The van der Waals surface area contributed by atoms with E-state index in [0.29, 0.717) is 25.7 Å². The van der Waals surface area contributed by atoms with Crippen LogP contribution < -0.4 is 20.5 Å². The van der Waals surface area contributed by atoms with Crippen LogP contribution in [0, 0.1) is 0 Å². The largest absolute Gasteiger partial charge is 0.490 e. The highest BCUT2D eigenvalue weighted by Gasteiger charge is 2.10. The molecule has 1 aliphatic rings. The third-order valence-corrected chi connectivity index (χ3v) is 4.61. The number of nitrogens with zero attached hydrogens (tertiary/aromatic N) is 1. The third-order valence-electron chi connectivity index (χ3n) is 3.86. The Morgan fingerprint density at radius 2 is 1.88 bits per heavy atom. The van der Waals surface area contributed by atoms with Gasteiger partial charge in [-0.05, 0) is 42.5 Å². The number of benzene rings is 2. The van der Waals surface area contributed by atoms with Crippen LogP contribution in [0.2, 0.25) is 0 Å². The lowest BCUT2D eigenvalue weighted by molar-refractivity contribution is 0.297. The third kappa shape index (κ3) is 5.06. The molecule has 1 aliphatic heterocycles. The number of fused-ring (bicyclic) bond motifs is 1. The monoisotopic (exact) mass is 357 g/mol. The smallest absolute Gasteiger partial charge is 0.193 e. The van der Waals surface area contributed by atoms with E-state index < -0.39 is 0 Å². The van der Waals surface area contributed by atoms with Crippen molar-refractivity contribution in [3.05, 3.63) is 48.0 Å². The number of hydrogen-bond acceptors (Lipinski definition) is 4. The molecule has 2 aromatic rings. The molecule has 3 rings (SSSR count). The van der Waals surface area contributed by atoms with Gasteiger partial charge in [0, 0.05) is 29.6 Å². The molecule has 132 valence electrons. The van der Waals surface area contributed by atoms with Gasteiger partial charge >= 0.3 is 0 Å². The standard InChI is InChI=1S/C19H23N3O2S/c1-25-16-6-3-14(4-7-16)9-10-21-19(20)22-15-5-8-17-18(13-15)24-12-2-11-23-17/h3-8,13H,2,9-12H2,1H3,(H3,20,21,22). The van der Waals surface area contributed by atoms with Crippen LogP contribution in [0.25, 0.3) is 0 Å². The van der Waals surface area contributed by atoms with Gasteiger partial charge in [0.15, 0.2) is 17.5 Å². The topological polar surface area (TPSA) is 68.9 Å². The number of nitrogens with one attached hydrogen (secondary N) is 1. The molecule has 0 saturated heterocycles. The summed E-state index contributed by atoms with van der Waals surface area (Å²) in [5, 5.41) is 3.11. The first-order chi connectivity index (χ1) is 12.2. The van der Waals surface area contributed by atoms with Crippen molar-refractivity contribution in [2.24, 2.45) is 10.7 Å². The Morgan fingerprint density at radius 1 is 1.12 bits per heavy atom. The van der Waals surface area contributed by atoms with Crippen LogP contribution in [-0.4, -0.2) is 32.0 Å². The predicted octanol–water partition coefficient (Wildman–Crippen LogP) is 3.54. The molecule has 0 aliphatic carbocycles. The van der Waals surface area contributed by atoms with Crippen LogP contribution in [0.15, 0.2) is 52.4 Å². The number of rotatable bonds is 5. The highest BCUT2D eigenvalue weighted by atomic mass is 32.2. The number of guanidine groups is 1. The summed E-state index contributed by atoms with van der Waals surface area (Å²) < 4.78 is 11.3. The number of nitrogens with two attached hydrogens (primary N) is 1. The zero-order valence-corrected chi connectivity index (χ0v) is 15.1. The molecule has 2 aromatic carbocycles. The van der Waals surface area contributed by atoms with Gasteiger partial charge in [-0.25, -0.2) is 0 Å². The molecule has 0 amide bonds. The summed E-state index contributed by atoms with van der Waals surface area (Å²) in [4.78, 5) is 5.66. The lowest BCUT2D eigenvalue weighted by Crippen LogP contribution is -2.23. The molecule has 3 N–H and O–H groups in total. The molecular formula is C19H23N3O2S. The van der Waals surface area contributed by atoms with Crippen LogP contribution in [0.5, 0.6) is 11.5 Å². The van der Waals surface area contributed by atoms with Crippen LogP contribution in [0.3, 0.4) is 0 Å². The minimum Gasteiger partial charge on any atom is -0.490 e. The summed E-state index contributed by atoms with van der Waals surface area (Å²) in [5.74, 6) is 1.91. The van der Waals surface area contributed by atoms with Crippen molar-refractivity contribution in [1.29, 1.82) is 0 Å². The van der Waals surface area contributed by atoms with Gasteiger partial charge in [-0.2, -0.15) is 0 Å². The van der Waals surface area contributed by atoms with Crippen molar-refractivity contribution in [1.82, 2.24) is 0 Å². The van der Waals surface area contributed by atoms with Crippen LogP contribution in [-0.2, 0) is 6.42 Å². The van der Waals surface area contributed by atoms with E-state index in [0.717, 1.165) is 30.0 Å².